The van der Waals surface area contributed by atoms with Crippen LogP contribution in [-0.4, -0.2) is 21.9 Å². The molecule has 0 atom stereocenters. The second-order valence-electron chi connectivity index (χ2n) is 3.88. The minimum Gasteiger partial charge on any atom is -0.458 e. The number of esters is 1. The van der Waals surface area contributed by atoms with Gasteiger partial charge in [0.25, 0.3) is 0 Å². The number of hydrogen-bond donors (Lipinski definition) is 1. The number of carbonyl (C=O) groups excluding carboxylic acids is 1. The Morgan fingerprint density at radius 1 is 1.60 bits per heavy atom. The van der Waals surface area contributed by atoms with E-state index >= 15 is 0 Å². The minimum absolute atomic E-state index is 0.0619. The molecular formula is C10H15N3O2. The Morgan fingerprint density at radius 3 is 2.80 bits per heavy atom. The Balaban J connectivity index is 2.07. The minimum atomic E-state index is -0.362. The van der Waals surface area contributed by atoms with Crippen molar-refractivity contribution in [2.24, 2.45) is 7.05 Å². The van der Waals surface area contributed by atoms with Crippen molar-refractivity contribution in [3.63, 3.8) is 0 Å². The van der Waals surface area contributed by atoms with Gasteiger partial charge >= 0.3 is 5.97 Å². The Morgan fingerprint density at radius 2 is 2.27 bits per heavy atom. The molecule has 1 aromatic rings. The largest absolute Gasteiger partial charge is 0.458 e. The average Bonchev–Trinajstić information content (AvgIpc) is 2.77. The lowest BCUT2D eigenvalue weighted by Crippen LogP contribution is -2.18. The van der Waals surface area contributed by atoms with Crippen molar-refractivity contribution in [2.75, 3.05) is 5.73 Å². The van der Waals surface area contributed by atoms with Gasteiger partial charge in [-0.25, -0.2) is 4.79 Å². The fourth-order valence-electron chi connectivity index (χ4n) is 1.92. The first kappa shape index (κ1) is 10.0. The third-order valence-corrected chi connectivity index (χ3v) is 2.74. The molecule has 0 bridgehead atoms. The first-order chi connectivity index (χ1) is 7.18. The molecule has 0 unspecified atom stereocenters. The lowest BCUT2D eigenvalue weighted by Gasteiger charge is -2.11. The summed E-state index contributed by atoms with van der Waals surface area (Å²) in [7, 11) is 1.68. The molecule has 5 heteroatoms. The molecule has 0 radical (unpaired) electrons. The number of carbonyl (C=O) groups is 1. The maximum atomic E-state index is 11.7. The van der Waals surface area contributed by atoms with E-state index in [2.05, 4.69) is 5.10 Å². The van der Waals surface area contributed by atoms with Gasteiger partial charge < -0.3 is 10.5 Å². The lowest BCUT2D eigenvalue weighted by atomic mass is 10.3. The molecule has 0 aromatic carbocycles. The molecular weight excluding hydrogens is 194 g/mol. The molecule has 1 heterocycles. The topological polar surface area (TPSA) is 70.1 Å². The monoisotopic (exact) mass is 209 g/mol. The second-order valence-corrected chi connectivity index (χ2v) is 3.88. The Hall–Kier alpha value is -1.52. The zero-order chi connectivity index (χ0) is 10.8. The van der Waals surface area contributed by atoms with Gasteiger partial charge in [-0.1, -0.05) is 0 Å². The number of hydrogen-bond acceptors (Lipinski definition) is 4. The highest BCUT2D eigenvalue weighted by molar-refractivity contribution is 5.93. The SMILES string of the molecule is Cn1ncc(N)c1C(=O)OC1CCCC1. The molecule has 82 valence electrons. The van der Waals surface area contributed by atoms with Crippen LogP contribution in [0.15, 0.2) is 6.20 Å². The van der Waals surface area contributed by atoms with E-state index in [1.165, 1.54) is 10.9 Å². The number of aromatic nitrogens is 2. The normalized spacial score (nSPS) is 16.9. The Labute approximate surface area is 88.2 Å². The van der Waals surface area contributed by atoms with Gasteiger partial charge in [0.05, 0.1) is 11.9 Å². The third kappa shape index (κ3) is 1.95. The number of nitrogens with two attached hydrogens (primary N) is 1. The van der Waals surface area contributed by atoms with Crippen LogP contribution in [0.3, 0.4) is 0 Å². The zero-order valence-corrected chi connectivity index (χ0v) is 8.77. The summed E-state index contributed by atoms with van der Waals surface area (Å²) in [5, 5.41) is 3.90. The van der Waals surface area contributed by atoms with Crippen LogP contribution in [0.4, 0.5) is 5.69 Å². The summed E-state index contributed by atoms with van der Waals surface area (Å²) in [6.07, 6.45) is 5.72. The van der Waals surface area contributed by atoms with Crippen molar-refractivity contribution in [3.8, 4) is 0 Å². The molecule has 1 saturated carbocycles. The number of anilines is 1. The van der Waals surface area contributed by atoms with Gasteiger partial charge in [0.1, 0.15) is 6.10 Å². The zero-order valence-electron chi connectivity index (χ0n) is 8.77. The predicted octanol–water partition coefficient (Wildman–Crippen LogP) is 1.10. The van der Waals surface area contributed by atoms with Crippen LogP contribution in [0.25, 0.3) is 0 Å². The van der Waals surface area contributed by atoms with Gasteiger partial charge in [-0.05, 0) is 25.7 Å². The fraction of sp³-hybridized carbons (Fsp3) is 0.600. The molecule has 2 rings (SSSR count). The quantitative estimate of drug-likeness (QED) is 0.740. The van der Waals surface area contributed by atoms with Gasteiger partial charge in [-0.2, -0.15) is 5.10 Å². The summed E-state index contributed by atoms with van der Waals surface area (Å²) < 4.78 is 6.79. The van der Waals surface area contributed by atoms with E-state index < -0.39 is 0 Å². The molecule has 1 fully saturated rings. The van der Waals surface area contributed by atoms with E-state index in [0.717, 1.165) is 25.7 Å². The van der Waals surface area contributed by atoms with Gasteiger partial charge in [0, 0.05) is 7.05 Å². The lowest BCUT2D eigenvalue weighted by molar-refractivity contribution is 0.0306. The molecule has 5 nitrogen and oxygen atoms in total. The summed E-state index contributed by atoms with van der Waals surface area (Å²) >= 11 is 0. The van der Waals surface area contributed by atoms with Crippen LogP contribution >= 0.6 is 0 Å². The summed E-state index contributed by atoms with van der Waals surface area (Å²) in [6.45, 7) is 0. The number of aryl methyl sites for hydroxylation is 1. The van der Waals surface area contributed by atoms with Crippen LogP contribution in [0, 0.1) is 0 Å². The van der Waals surface area contributed by atoms with Crippen molar-refractivity contribution < 1.29 is 9.53 Å². The average molecular weight is 209 g/mol. The second kappa shape index (κ2) is 3.92. The van der Waals surface area contributed by atoms with Crippen molar-refractivity contribution in [3.05, 3.63) is 11.9 Å². The highest BCUT2D eigenvalue weighted by Gasteiger charge is 2.23. The van der Waals surface area contributed by atoms with Crippen molar-refractivity contribution >= 4 is 11.7 Å². The molecule has 0 spiro atoms. The molecule has 1 aliphatic rings. The van der Waals surface area contributed by atoms with E-state index in [4.69, 9.17) is 10.5 Å². The summed E-state index contributed by atoms with van der Waals surface area (Å²) in [5.41, 5.74) is 6.36. The molecule has 0 saturated heterocycles. The first-order valence-electron chi connectivity index (χ1n) is 5.17. The standard InChI is InChI=1S/C10H15N3O2/c1-13-9(8(11)6-12-13)10(14)15-7-4-2-3-5-7/h6-7H,2-5,11H2,1H3. The molecule has 0 amide bonds. The molecule has 1 aliphatic carbocycles. The number of rotatable bonds is 2. The van der Waals surface area contributed by atoms with Crippen molar-refractivity contribution in [2.45, 2.75) is 31.8 Å². The van der Waals surface area contributed by atoms with Gasteiger partial charge in [0.15, 0.2) is 5.69 Å². The van der Waals surface area contributed by atoms with Crippen LogP contribution in [0.2, 0.25) is 0 Å². The third-order valence-electron chi connectivity index (χ3n) is 2.74. The summed E-state index contributed by atoms with van der Waals surface area (Å²) in [6, 6.07) is 0. The van der Waals surface area contributed by atoms with Crippen LogP contribution in [0.1, 0.15) is 36.2 Å². The molecule has 15 heavy (non-hydrogen) atoms. The number of nitrogens with zero attached hydrogens (tertiary/aromatic N) is 2. The maximum absolute atomic E-state index is 11.7. The van der Waals surface area contributed by atoms with Gasteiger partial charge in [-0.15, -0.1) is 0 Å². The van der Waals surface area contributed by atoms with Crippen LogP contribution in [-0.2, 0) is 11.8 Å². The smallest absolute Gasteiger partial charge is 0.359 e. The number of nitrogen functional groups attached to an aromatic ring is 1. The number of ether oxygens (including phenoxy) is 1. The van der Waals surface area contributed by atoms with E-state index in [0.29, 0.717) is 11.4 Å². The highest BCUT2D eigenvalue weighted by Crippen LogP contribution is 2.23. The maximum Gasteiger partial charge on any atom is 0.359 e. The molecule has 2 N–H and O–H groups in total. The van der Waals surface area contributed by atoms with Crippen molar-refractivity contribution in [1.82, 2.24) is 9.78 Å². The fourth-order valence-corrected chi connectivity index (χ4v) is 1.92. The van der Waals surface area contributed by atoms with E-state index in [-0.39, 0.29) is 12.1 Å². The predicted molar refractivity (Wildman–Crippen MR) is 55.3 cm³/mol. The first-order valence-corrected chi connectivity index (χ1v) is 5.17. The van der Waals surface area contributed by atoms with Crippen LogP contribution in [0.5, 0.6) is 0 Å². The Kier molecular flexibility index (Phi) is 2.62. The van der Waals surface area contributed by atoms with E-state index in [1.54, 1.807) is 7.05 Å². The van der Waals surface area contributed by atoms with Crippen molar-refractivity contribution in [1.29, 1.82) is 0 Å². The van der Waals surface area contributed by atoms with E-state index in [1.807, 2.05) is 0 Å². The van der Waals surface area contributed by atoms with Gasteiger partial charge in [0.2, 0.25) is 0 Å². The summed E-state index contributed by atoms with van der Waals surface area (Å²) in [4.78, 5) is 11.7. The molecule has 0 aliphatic heterocycles. The van der Waals surface area contributed by atoms with Crippen LogP contribution < -0.4 is 5.73 Å². The summed E-state index contributed by atoms with van der Waals surface area (Å²) in [5.74, 6) is -0.362. The molecule has 1 aromatic heterocycles. The van der Waals surface area contributed by atoms with Gasteiger partial charge in [-0.3, -0.25) is 4.68 Å². The Bertz CT molecular complexity index is 347. The highest BCUT2D eigenvalue weighted by atomic mass is 16.5. The van der Waals surface area contributed by atoms with E-state index in [9.17, 15) is 4.79 Å².